The van der Waals surface area contributed by atoms with E-state index in [1.165, 1.54) is 70.6 Å². The molecule has 0 aromatic rings. The molecule has 67 heavy (non-hydrogen) atoms. The Balaban J connectivity index is 1.95. The number of carbonyl (C=O) groups excluding carboxylic acids is 2. The van der Waals surface area contributed by atoms with Crippen molar-refractivity contribution >= 4 is 19.8 Å². The van der Waals surface area contributed by atoms with E-state index in [0.29, 0.717) is 12.8 Å². The third-order valence-corrected chi connectivity index (χ3v) is 13.5. The third-order valence-electron chi connectivity index (χ3n) is 12.5. The van der Waals surface area contributed by atoms with Gasteiger partial charge in [-0.3, -0.25) is 18.6 Å². The molecule has 13 atom stereocenters. The molecule has 0 radical (unpaired) electrons. The summed E-state index contributed by atoms with van der Waals surface area (Å²) in [5, 5.41) is 82.9. The van der Waals surface area contributed by atoms with Crippen molar-refractivity contribution in [2.24, 2.45) is 0 Å². The van der Waals surface area contributed by atoms with Crippen LogP contribution in [0.3, 0.4) is 0 Å². The van der Waals surface area contributed by atoms with E-state index in [2.05, 4.69) is 26.0 Å². The van der Waals surface area contributed by atoms with E-state index >= 15 is 0 Å². The number of aliphatic hydroxyl groups excluding tert-OH is 8. The number of phosphoric acid groups is 1. The van der Waals surface area contributed by atoms with Gasteiger partial charge >= 0.3 is 19.8 Å². The molecule has 9 N–H and O–H groups in total. The van der Waals surface area contributed by atoms with Crippen molar-refractivity contribution in [3.63, 3.8) is 0 Å². The molecule has 0 aromatic heterocycles. The van der Waals surface area contributed by atoms with Crippen LogP contribution >= 0.6 is 7.82 Å². The van der Waals surface area contributed by atoms with Gasteiger partial charge < -0.3 is 64.7 Å². The first kappa shape index (κ1) is 61.5. The maximum absolute atomic E-state index is 13.4. The van der Waals surface area contributed by atoms with Gasteiger partial charge in [0, 0.05) is 12.8 Å². The second-order valence-corrected chi connectivity index (χ2v) is 19.8. The smallest absolute Gasteiger partial charge is 0.462 e. The largest absolute Gasteiger partial charge is 0.472 e. The van der Waals surface area contributed by atoms with Crippen LogP contribution in [0, 0.1) is 0 Å². The fourth-order valence-electron chi connectivity index (χ4n) is 8.23. The first-order valence-corrected chi connectivity index (χ1v) is 27.0. The second kappa shape index (κ2) is 36.3. The van der Waals surface area contributed by atoms with E-state index in [0.717, 1.165) is 77.0 Å². The van der Waals surface area contributed by atoms with Crippen LogP contribution in [0.4, 0.5) is 0 Å². The normalized spacial score (nSPS) is 28.1. The molecule has 13 unspecified atom stereocenters. The van der Waals surface area contributed by atoms with Gasteiger partial charge in [0.2, 0.25) is 0 Å². The van der Waals surface area contributed by atoms with Crippen LogP contribution < -0.4 is 0 Å². The van der Waals surface area contributed by atoms with Gasteiger partial charge in [-0.2, -0.15) is 0 Å². The Kier molecular flexibility index (Phi) is 33.4. The molecule has 1 aliphatic carbocycles. The monoisotopic (exact) mass is 985 g/mol. The first-order valence-electron chi connectivity index (χ1n) is 25.5. The zero-order valence-corrected chi connectivity index (χ0v) is 41.3. The standard InChI is InChI=1S/C48H89O18P/c1-3-5-7-9-11-13-15-17-18-19-21-23-25-27-29-31-38(51)63-35(33-61-37(50)30-28-26-24-22-20-16-14-12-10-8-6-4-2)34-62-67(59,60)66-47-44(57)42(55)41(54)43(56)46(47)65-48-45(58)40(53)39(52)36(32-49)64-48/h13,15,35-36,39-49,52-58H,3-12,14,16-34H2,1-2H3,(H,59,60). The number of hydrogen-bond donors (Lipinski definition) is 9. The second-order valence-electron chi connectivity index (χ2n) is 18.4. The lowest BCUT2D eigenvalue weighted by Crippen LogP contribution is -2.67. The molecule has 2 fully saturated rings. The molecular formula is C48H89O18P. The van der Waals surface area contributed by atoms with Gasteiger partial charge in [-0.05, 0) is 38.5 Å². The summed E-state index contributed by atoms with van der Waals surface area (Å²) >= 11 is 0. The maximum atomic E-state index is 13.4. The van der Waals surface area contributed by atoms with E-state index in [4.69, 9.17) is 28.0 Å². The Hall–Kier alpha value is -1.61. The van der Waals surface area contributed by atoms with Crippen molar-refractivity contribution < 1.29 is 87.9 Å². The van der Waals surface area contributed by atoms with Crippen LogP contribution in [0.2, 0.25) is 0 Å². The summed E-state index contributed by atoms with van der Waals surface area (Å²) < 4.78 is 45.4. The van der Waals surface area contributed by atoms with Crippen LogP contribution in [-0.4, -0.2) is 151 Å². The SMILES string of the molecule is CCCCCCC=CCCCCCCCCCC(=O)OC(COC(=O)CCCCCCCCCCCCCC)COP(=O)(O)OC1C(O)C(O)C(O)C(O)C1OC1OC(CO)C(O)C(O)C1O. The summed E-state index contributed by atoms with van der Waals surface area (Å²) in [7, 11) is -5.37. The highest BCUT2D eigenvalue weighted by Crippen LogP contribution is 2.48. The average Bonchev–Trinajstić information content (AvgIpc) is 3.31. The van der Waals surface area contributed by atoms with Crippen LogP contribution in [0.25, 0.3) is 0 Å². The van der Waals surface area contributed by atoms with Crippen molar-refractivity contribution in [2.75, 3.05) is 19.8 Å². The molecule has 2 aliphatic rings. The van der Waals surface area contributed by atoms with Crippen LogP contribution in [0.15, 0.2) is 12.2 Å². The molecular weight excluding hydrogens is 895 g/mol. The Morgan fingerprint density at radius 2 is 0.985 bits per heavy atom. The summed E-state index contributed by atoms with van der Waals surface area (Å²) in [4.78, 5) is 36.5. The summed E-state index contributed by atoms with van der Waals surface area (Å²) in [5.74, 6) is -1.22. The topological polar surface area (TPSA) is 289 Å². The van der Waals surface area contributed by atoms with E-state index in [9.17, 15) is 59.9 Å². The van der Waals surface area contributed by atoms with Crippen molar-refractivity contribution in [1.82, 2.24) is 0 Å². The van der Waals surface area contributed by atoms with Gasteiger partial charge in [-0.1, -0.05) is 148 Å². The van der Waals surface area contributed by atoms with E-state index in [1.807, 2.05) is 0 Å². The predicted octanol–water partition coefficient (Wildman–Crippen LogP) is 5.71. The Morgan fingerprint density at radius 3 is 1.49 bits per heavy atom. The molecule has 394 valence electrons. The number of rotatable bonds is 39. The molecule has 0 aromatic carbocycles. The number of phosphoric ester groups is 1. The van der Waals surface area contributed by atoms with Gasteiger partial charge in [0.05, 0.1) is 13.2 Å². The molecule has 2 rings (SSSR count). The average molecular weight is 985 g/mol. The number of allylic oxidation sites excluding steroid dienone is 2. The highest BCUT2D eigenvalue weighted by molar-refractivity contribution is 7.47. The maximum Gasteiger partial charge on any atom is 0.472 e. The van der Waals surface area contributed by atoms with E-state index < -0.39 is 113 Å². The first-order chi connectivity index (χ1) is 32.2. The van der Waals surface area contributed by atoms with Crippen LogP contribution in [0.1, 0.15) is 187 Å². The quantitative estimate of drug-likeness (QED) is 0.0154. The van der Waals surface area contributed by atoms with Crippen molar-refractivity contribution in [3.05, 3.63) is 12.2 Å². The Labute approximate surface area is 399 Å². The lowest BCUT2D eigenvalue weighted by molar-refractivity contribution is -0.338. The van der Waals surface area contributed by atoms with Gasteiger partial charge in [0.15, 0.2) is 12.4 Å². The Morgan fingerprint density at radius 1 is 0.552 bits per heavy atom. The van der Waals surface area contributed by atoms with Crippen LogP contribution in [-0.2, 0) is 42.1 Å². The van der Waals surface area contributed by atoms with Gasteiger partial charge in [-0.15, -0.1) is 0 Å². The van der Waals surface area contributed by atoms with Crippen molar-refractivity contribution in [2.45, 2.75) is 261 Å². The minimum Gasteiger partial charge on any atom is -0.462 e. The van der Waals surface area contributed by atoms with Gasteiger partial charge in [0.1, 0.15) is 67.6 Å². The minimum atomic E-state index is -5.37. The third kappa shape index (κ3) is 25.4. The lowest BCUT2D eigenvalue weighted by atomic mass is 9.84. The van der Waals surface area contributed by atoms with Gasteiger partial charge in [-0.25, -0.2) is 4.57 Å². The predicted molar refractivity (Wildman–Crippen MR) is 249 cm³/mol. The number of aliphatic hydroxyl groups is 8. The van der Waals surface area contributed by atoms with Crippen LogP contribution in [0.5, 0.6) is 0 Å². The molecule has 1 saturated carbocycles. The van der Waals surface area contributed by atoms with E-state index in [-0.39, 0.29) is 12.8 Å². The fourth-order valence-corrected chi connectivity index (χ4v) is 9.20. The number of unbranched alkanes of at least 4 members (excludes halogenated alkanes) is 22. The molecule has 18 nitrogen and oxygen atoms in total. The fraction of sp³-hybridized carbons (Fsp3) is 0.917. The lowest BCUT2D eigenvalue weighted by Gasteiger charge is -2.47. The highest BCUT2D eigenvalue weighted by Gasteiger charge is 2.55. The molecule has 0 amide bonds. The summed E-state index contributed by atoms with van der Waals surface area (Å²) in [6.45, 7) is 2.21. The number of hydrogen-bond acceptors (Lipinski definition) is 17. The molecule has 1 aliphatic heterocycles. The molecule has 0 spiro atoms. The minimum absolute atomic E-state index is 0.0307. The van der Waals surface area contributed by atoms with Gasteiger partial charge in [0.25, 0.3) is 0 Å². The number of ether oxygens (including phenoxy) is 4. The van der Waals surface area contributed by atoms with Crippen molar-refractivity contribution in [1.29, 1.82) is 0 Å². The summed E-state index contributed by atoms with van der Waals surface area (Å²) in [5.41, 5.74) is 0. The number of carbonyl (C=O) groups is 2. The summed E-state index contributed by atoms with van der Waals surface area (Å²) in [6, 6.07) is 0. The molecule has 19 heteroatoms. The highest BCUT2D eigenvalue weighted by atomic mass is 31.2. The summed E-state index contributed by atoms with van der Waals surface area (Å²) in [6.07, 6.45) is 8.66. The molecule has 0 bridgehead atoms. The molecule has 1 saturated heterocycles. The van der Waals surface area contributed by atoms with Crippen molar-refractivity contribution in [3.8, 4) is 0 Å². The molecule has 1 heterocycles. The zero-order valence-electron chi connectivity index (χ0n) is 40.4. The zero-order chi connectivity index (χ0) is 49.5. The number of esters is 2. The Bertz CT molecular complexity index is 1360. The van der Waals surface area contributed by atoms with E-state index in [1.54, 1.807) is 0 Å².